The van der Waals surface area contributed by atoms with Crippen LogP contribution in [0.2, 0.25) is 0 Å². The minimum absolute atomic E-state index is 0.259. The number of fused-ring (bicyclic) bond motifs is 1. The predicted octanol–water partition coefficient (Wildman–Crippen LogP) is 6.14. The van der Waals surface area contributed by atoms with Crippen molar-refractivity contribution in [2.45, 2.75) is 37.7 Å². The molecule has 1 aliphatic heterocycles. The third-order valence-electron chi connectivity index (χ3n) is 7.00. The van der Waals surface area contributed by atoms with Crippen LogP contribution in [0.1, 0.15) is 35.2 Å². The number of hydrogen-bond donors (Lipinski definition) is 2. The number of rotatable bonds is 9. The smallest absolute Gasteiger partial charge is 0.255 e. The quantitative estimate of drug-likeness (QED) is 0.231. The standard InChI is InChI=1S/C31H33N5O4S/c1-18-7-8-22(19(2)15-18)17-41-31-34-30-32-20(3)27(29(37)33-23-10-12-24(38-4)13-11-23)28(36(30)35-31)21-9-14-25(39-5)26(16-21)40-6/h7-16,28H,17H2,1-6H3,(H,33,37)(H,32,34,35)/t28-/m1/s1. The molecule has 1 amide bonds. The molecule has 1 atom stereocenters. The molecule has 3 aromatic carbocycles. The average Bonchev–Trinajstić information content (AvgIpc) is 3.38. The highest BCUT2D eigenvalue weighted by Crippen LogP contribution is 2.40. The van der Waals surface area contributed by atoms with Crippen LogP contribution in [0.25, 0.3) is 0 Å². The van der Waals surface area contributed by atoms with E-state index < -0.39 is 6.04 Å². The number of carbonyl (C=O) groups excluding carboxylic acids is 1. The Bertz CT molecular complexity index is 1610. The van der Waals surface area contributed by atoms with Gasteiger partial charge in [0.1, 0.15) is 11.8 Å². The average molecular weight is 572 g/mol. The van der Waals surface area contributed by atoms with Gasteiger partial charge in [-0.25, -0.2) is 4.68 Å². The largest absolute Gasteiger partial charge is 0.497 e. The summed E-state index contributed by atoms with van der Waals surface area (Å²) in [5.41, 5.74) is 6.34. The molecule has 0 aliphatic carbocycles. The zero-order chi connectivity index (χ0) is 29.1. The van der Waals surface area contributed by atoms with Crippen LogP contribution in [0, 0.1) is 13.8 Å². The van der Waals surface area contributed by atoms with Crippen molar-refractivity contribution in [1.29, 1.82) is 0 Å². The number of amides is 1. The molecule has 1 aromatic heterocycles. The molecule has 0 spiro atoms. The van der Waals surface area contributed by atoms with E-state index in [4.69, 9.17) is 24.3 Å². The SMILES string of the molecule is COc1ccc(NC(=O)C2=C(C)Nc3nc(SCc4ccc(C)cc4C)nn3[C@@H]2c2ccc(OC)c(OC)c2)cc1. The highest BCUT2D eigenvalue weighted by molar-refractivity contribution is 7.98. The molecule has 0 fully saturated rings. The van der Waals surface area contributed by atoms with Crippen LogP contribution < -0.4 is 24.8 Å². The molecule has 2 N–H and O–H groups in total. The molecule has 0 radical (unpaired) electrons. The second kappa shape index (κ2) is 12.0. The first-order valence-electron chi connectivity index (χ1n) is 13.1. The van der Waals surface area contributed by atoms with Crippen molar-refractivity contribution >= 4 is 29.3 Å². The summed E-state index contributed by atoms with van der Waals surface area (Å²) in [6.07, 6.45) is 0. The number of hydrogen-bond acceptors (Lipinski definition) is 8. The van der Waals surface area contributed by atoms with Crippen molar-refractivity contribution in [3.05, 3.63) is 94.2 Å². The number of methoxy groups -OCH3 is 3. The van der Waals surface area contributed by atoms with Crippen LogP contribution in [0.4, 0.5) is 11.6 Å². The van der Waals surface area contributed by atoms with E-state index in [1.165, 1.54) is 16.7 Å². The van der Waals surface area contributed by atoms with Crippen LogP contribution in [0.5, 0.6) is 17.2 Å². The zero-order valence-electron chi connectivity index (χ0n) is 23.9. The van der Waals surface area contributed by atoms with Crippen LogP contribution in [0.15, 0.2) is 77.1 Å². The summed E-state index contributed by atoms with van der Waals surface area (Å²) < 4.78 is 18.1. The summed E-state index contributed by atoms with van der Waals surface area (Å²) in [5.74, 6) is 2.89. The number of aromatic nitrogens is 3. The number of nitrogens with one attached hydrogen (secondary N) is 2. The van der Waals surface area contributed by atoms with Crippen molar-refractivity contribution < 1.29 is 19.0 Å². The minimum Gasteiger partial charge on any atom is -0.497 e. The van der Waals surface area contributed by atoms with E-state index in [1.54, 1.807) is 62.0 Å². The van der Waals surface area contributed by atoms with E-state index >= 15 is 0 Å². The predicted molar refractivity (Wildman–Crippen MR) is 161 cm³/mol. The summed E-state index contributed by atoms with van der Waals surface area (Å²) in [6, 6.07) is 18.7. The van der Waals surface area contributed by atoms with E-state index in [2.05, 4.69) is 42.7 Å². The van der Waals surface area contributed by atoms with Gasteiger partial charge in [-0.1, -0.05) is 41.6 Å². The molecule has 0 saturated heterocycles. The molecule has 0 bridgehead atoms. The van der Waals surface area contributed by atoms with Gasteiger partial charge in [-0.3, -0.25) is 4.79 Å². The summed E-state index contributed by atoms with van der Waals surface area (Å²) in [6.45, 7) is 6.08. The van der Waals surface area contributed by atoms with E-state index in [1.807, 2.05) is 25.1 Å². The summed E-state index contributed by atoms with van der Waals surface area (Å²) in [5, 5.41) is 11.8. The van der Waals surface area contributed by atoms with Gasteiger partial charge in [0.25, 0.3) is 5.91 Å². The Morgan fingerprint density at radius 2 is 1.71 bits per heavy atom. The number of nitrogens with zero attached hydrogens (tertiary/aromatic N) is 3. The van der Waals surface area contributed by atoms with Gasteiger partial charge in [0.2, 0.25) is 11.1 Å². The fourth-order valence-electron chi connectivity index (χ4n) is 4.84. The maximum absolute atomic E-state index is 13.8. The van der Waals surface area contributed by atoms with Crippen LogP contribution >= 0.6 is 11.8 Å². The third kappa shape index (κ3) is 5.88. The highest BCUT2D eigenvalue weighted by atomic mass is 32.2. The third-order valence-corrected chi connectivity index (χ3v) is 7.89. The summed E-state index contributed by atoms with van der Waals surface area (Å²) in [4.78, 5) is 18.6. The second-order valence-electron chi connectivity index (χ2n) is 9.74. The number of benzene rings is 3. The molecule has 41 heavy (non-hydrogen) atoms. The first kappa shape index (κ1) is 28.1. The lowest BCUT2D eigenvalue weighted by Crippen LogP contribution is -2.31. The lowest BCUT2D eigenvalue weighted by atomic mass is 9.94. The van der Waals surface area contributed by atoms with Crippen molar-refractivity contribution in [1.82, 2.24) is 14.8 Å². The van der Waals surface area contributed by atoms with Crippen LogP contribution in [0.3, 0.4) is 0 Å². The maximum atomic E-state index is 13.8. The molecule has 4 aromatic rings. The fraction of sp³-hybridized carbons (Fsp3) is 0.258. The Morgan fingerprint density at radius 1 is 0.951 bits per heavy atom. The Morgan fingerprint density at radius 3 is 2.39 bits per heavy atom. The van der Waals surface area contributed by atoms with Crippen molar-refractivity contribution in [2.75, 3.05) is 32.0 Å². The van der Waals surface area contributed by atoms with E-state index in [9.17, 15) is 4.79 Å². The topological polar surface area (TPSA) is 99.5 Å². The normalized spacial score (nSPS) is 14.2. The molecule has 2 heterocycles. The van der Waals surface area contributed by atoms with E-state index in [-0.39, 0.29) is 5.91 Å². The fourth-order valence-corrected chi connectivity index (χ4v) is 5.75. The van der Waals surface area contributed by atoms with Crippen molar-refractivity contribution in [3.63, 3.8) is 0 Å². The number of carbonyl (C=O) groups is 1. The van der Waals surface area contributed by atoms with Crippen molar-refractivity contribution in [3.8, 4) is 17.2 Å². The molecule has 212 valence electrons. The van der Waals surface area contributed by atoms with Gasteiger partial charge in [-0.15, -0.1) is 5.10 Å². The number of ether oxygens (including phenoxy) is 3. The second-order valence-corrected chi connectivity index (χ2v) is 10.7. The van der Waals surface area contributed by atoms with Gasteiger partial charge in [0.15, 0.2) is 11.5 Å². The van der Waals surface area contributed by atoms with Crippen molar-refractivity contribution in [2.24, 2.45) is 0 Å². The molecule has 1 aliphatic rings. The first-order valence-corrected chi connectivity index (χ1v) is 14.1. The molecule has 0 saturated carbocycles. The number of anilines is 2. The number of thioether (sulfide) groups is 1. The molecular formula is C31H33N5O4S. The van der Waals surface area contributed by atoms with Gasteiger partial charge in [-0.05, 0) is 73.9 Å². The highest BCUT2D eigenvalue weighted by Gasteiger charge is 2.35. The Hall–Kier alpha value is -4.44. The van der Waals surface area contributed by atoms with Gasteiger partial charge in [0, 0.05) is 17.1 Å². The van der Waals surface area contributed by atoms with E-state index in [0.717, 1.165) is 11.3 Å². The van der Waals surface area contributed by atoms with E-state index in [0.29, 0.717) is 45.3 Å². The van der Waals surface area contributed by atoms with Crippen LogP contribution in [-0.2, 0) is 10.5 Å². The molecule has 5 rings (SSSR count). The van der Waals surface area contributed by atoms with Gasteiger partial charge in [-0.2, -0.15) is 4.98 Å². The maximum Gasteiger partial charge on any atom is 0.255 e. The number of aryl methyl sites for hydroxylation is 2. The van der Waals surface area contributed by atoms with Gasteiger partial charge in [0.05, 0.1) is 26.9 Å². The molecule has 0 unspecified atom stereocenters. The number of allylic oxidation sites excluding steroid dienone is 1. The Balaban J connectivity index is 1.51. The summed E-state index contributed by atoms with van der Waals surface area (Å²) >= 11 is 1.56. The summed E-state index contributed by atoms with van der Waals surface area (Å²) in [7, 11) is 4.78. The van der Waals surface area contributed by atoms with Gasteiger partial charge >= 0.3 is 0 Å². The lowest BCUT2D eigenvalue weighted by Gasteiger charge is -2.29. The molecule has 10 heteroatoms. The Kier molecular flexibility index (Phi) is 8.21. The van der Waals surface area contributed by atoms with Crippen LogP contribution in [-0.4, -0.2) is 42.0 Å². The van der Waals surface area contributed by atoms with Gasteiger partial charge < -0.3 is 24.8 Å². The molecular weight excluding hydrogens is 538 g/mol. The first-order chi connectivity index (χ1) is 19.8. The minimum atomic E-state index is -0.563. The zero-order valence-corrected chi connectivity index (χ0v) is 24.8. The Labute approximate surface area is 243 Å². The molecule has 9 nitrogen and oxygen atoms in total. The lowest BCUT2D eigenvalue weighted by molar-refractivity contribution is -0.113. The monoisotopic (exact) mass is 571 g/mol.